The first-order valence-electron chi connectivity index (χ1n) is 5.46. The summed E-state index contributed by atoms with van der Waals surface area (Å²) >= 11 is 1.96. The van der Waals surface area contributed by atoms with E-state index in [1.165, 1.54) is 5.38 Å². The first kappa shape index (κ1) is 15.8. The van der Waals surface area contributed by atoms with Gasteiger partial charge in [0, 0.05) is 5.38 Å². The minimum atomic E-state index is -4.60. The summed E-state index contributed by atoms with van der Waals surface area (Å²) < 4.78 is 51.2. The van der Waals surface area contributed by atoms with Crippen molar-refractivity contribution in [3.63, 3.8) is 0 Å². The van der Waals surface area contributed by atoms with Crippen molar-refractivity contribution >= 4 is 29.1 Å². The van der Waals surface area contributed by atoms with E-state index < -0.39 is 23.5 Å². The van der Waals surface area contributed by atoms with Gasteiger partial charge < -0.3 is 5.11 Å². The van der Waals surface area contributed by atoms with E-state index in [1.54, 1.807) is 0 Å². The number of halogens is 4. The number of carboxylic acid groups (broad SMARTS) is 1. The molecule has 0 unspecified atom stereocenters. The molecule has 1 aromatic carbocycles. The molecule has 0 amide bonds. The maximum atomic E-state index is 13.6. The van der Waals surface area contributed by atoms with E-state index in [0.29, 0.717) is 16.1 Å². The molecule has 0 saturated carbocycles. The summed E-state index contributed by atoms with van der Waals surface area (Å²) in [6.07, 6.45) is -4.85. The second-order valence-electron chi connectivity index (χ2n) is 3.92. The highest BCUT2D eigenvalue weighted by atomic mass is 32.2. The van der Waals surface area contributed by atoms with E-state index in [-0.39, 0.29) is 11.3 Å². The summed E-state index contributed by atoms with van der Waals surface area (Å²) in [5.74, 6) is -2.04. The van der Waals surface area contributed by atoms with Crippen LogP contribution in [0.15, 0.2) is 32.8 Å². The van der Waals surface area contributed by atoms with Gasteiger partial charge in [0.05, 0.1) is 22.6 Å². The third-order valence-corrected chi connectivity index (χ3v) is 4.36. The van der Waals surface area contributed by atoms with Gasteiger partial charge in [-0.3, -0.25) is 4.79 Å². The van der Waals surface area contributed by atoms with Crippen molar-refractivity contribution in [3.8, 4) is 0 Å². The SMILES string of the molecule is O=C(O)Cc1csc(Sc2ccc(C(F)(F)F)cc2F)n1. The number of carboxylic acids is 1. The average Bonchev–Trinajstić information content (AvgIpc) is 2.77. The molecule has 0 fully saturated rings. The van der Waals surface area contributed by atoms with Gasteiger partial charge in [0.25, 0.3) is 0 Å². The largest absolute Gasteiger partial charge is 0.481 e. The molecule has 2 aromatic rings. The molecule has 21 heavy (non-hydrogen) atoms. The zero-order valence-corrected chi connectivity index (χ0v) is 11.8. The number of carbonyl (C=O) groups is 1. The summed E-state index contributed by atoms with van der Waals surface area (Å²) in [5.41, 5.74) is -0.739. The fraction of sp³-hybridized carbons (Fsp3) is 0.167. The van der Waals surface area contributed by atoms with Gasteiger partial charge in [-0.2, -0.15) is 13.2 Å². The second kappa shape index (κ2) is 6.02. The Morgan fingerprint density at radius 2 is 2.10 bits per heavy atom. The zero-order valence-electron chi connectivity index (χ0n) is 10.1. The quantitative estimate of drug-likeness (QED) is 0.854. The summed E-state index contributed by atoms with van der Waals surface area (Å²) in [7, 11) is 0. The van der Waals surface area contributed by atoms with Crippen molar-refractivity contribution in [1.82, 2.24) is 4.98 Å². The fourth-order valence-electron chi connectivity index (χ4n) is 1.43. The average molecular weight is 337 g/mol. The Bertz CT molecular complexity index is 670. The van der Waals surface area contributed by atoms with E-state index in [4.69, 9.17) is 5.11 Å². The first-order valence-corrected chi connectivity index (χ1v) is 7.16. The number of alkyl halides is 3. The Hall–Kier alpha value is -1.61. The van der Waals surface area contributed by atoms with E-state index in [1.807, 2.05) is 0 Å². The number of benzene rings is 1. The van der Waals surface area contributed by atoms with Crippen LogP contribution in [0.5, 0.6) is 0 Å². The Balaban J connectivity index is 2.16. The lowest BCUT2D eigenvalue weighted by Crippen LogP contribution is -2.05. The first-order chi connectivity index (χ1) is 9.75. The maximum Gasteiger partial charge on any atom is 0.416 e. The highest BCUT2D eigenvalue weighted by Crippen LogP contribution is 2.36. The topological polar surface area (TPSA) is 50.2 Å². The predicted octanol–water partition coefficient (Wildman–Crippen LogP) is 4.08. The summed E-state index contributed by atoms with van der Waals surface area (Å²) in [6.45, 7) is 0. The van der Waals surface area contributed by atoms with Gasteiger partial charge in [-0.05, 0) is 18.2 Å². The monoisotopic (exact) mass is 337 g/mol. The van der Waals surface area contributed by atoms with Crippen LogP contribution in [-0.2, 0) is 17.4 Å². The molecule has 0 aliphatic carbocycles. The number of thiazole rings is 1. The van der Waals surface area contributed by atoms with E-state index in [2.05, 4.69) is 4.98 Å². The van der Waals surface area contributed by atoms with Crippen LogP contribution < -0.4 is 0 Å². The van der Waals surface area contributed by atoms with Crippen LogP contribution in [0.1, 0.15) is 11.3 Å². The van der Waals surface area contributed by atoms with Gasteiger partial charge in [0.1, 0.15) is 5.82 Å². The van der Waals surface area contributed by atoms with Crippen LogP contribution in [-0.4, -0.2) is 16.1 Å². The summed E-state index contributed by atoms with van der Waals surface area (Å²) in [5, 5.41) is 10.1. The van der Waals surface area contributed by atoms with Gasteiger partial charge in [0.2, 0.25) is 0 Å². The van der Waals surface area contributed by atoms with Gasteiger partial charge in [0.15, 0.2) is 4.34 Å². The standard InChI is InChI=1S/C12H7F4NO2S2/c13-8-3-6(12(14,15)16)1-2-9(8)21-11-17-7(5-20-11)4-10(18)19/h1-3,5H,4H2,(H,18,19). The Morgan fingerprint density at radius 3 is 2.67 bits per heavy atom. The van der Waals surface area contributed by atoms with Gasteiger partial charge in [-0.25, -0.2) is 9.37 Å². The molecule has 1 aromatic heterocycles. The Morgan fingerprint density at radius 1 is 1.38 bits per heavy atom. The van der Waals surface area contributed by atoms with Gasteiger partial charge >= 0.3 is 12.1 Å². The molecule has 0 aliphatic rings. The smallest absolute Gasteiger partial charge is 0.416 e. The second-order valence-corrected chi connectivity index (χ2v) is 6.07. The molecule has 9 heteroatoms. The molecule has 3 nitrogen and oxygen atoms in total. The number of aromatic nitrogens is 1. The van der Waals surface area contributed by atoms with Gasteiger partial charge in [-0.1, -0.05) is 11.8 Å². The van der Waals surface area contributed by atoms with Crippen LogP contribution in [0.2, 0.25) is 0 Å². The molecule has 0 saturated heterocycles. The Kier molecular flexibility index (Phi) is 4.52. The van der Waals surface area contributed by atoms with Crippen LogP contribution in [0.3, 0.4) is 0 Å². The van der Waals surface area contributed by atoms with Crippen molar-refractivity contribution in [1.29, 1.82) is 0 Å². The molecule has 2 rings (SSSR count). The molecule has 1 N–H and O–H groups in total. The summed E-state index contributed by atoms with van der Waals surface area (Å²) in [6, 6.07) is 2.24. The third-order valence-electron chi connectivity index (χ3n) is 2.32. The number of rotatable bonds is 4. The highest BCUT2D eigenvalue weighted by molar-refractivity contribution is 8.01. The maximum absolute atomic E-state index is 13.6. The van der Waals surface area contributed by atoms with Crippen LogP contribution in [0.25, 0.3) is 0 Å². The zero-order chi connectivity index (χ0) is 15.6. The third kappa shape index (κ3) is 4.18. The van der Waals surface area contributed by atoms with Crippen LogP contribution in [0, 0.1) is 5.82 Å². The Labute approximate surface area is 124 Å². The normalized spacial score (nSPS) is 11.6. The lowest BCUT2D eigenvalue weighted by Gasteiger charge is -2.08. The number of nitrogens with zero attached hydrogens (tertiary/aromatic N) is 1. The lowest BCUT2D eigenvalue weighted by molar-refractivity contribution is -0.138. The fourth-order valence-corrected chi connectivity index (χ4v) is 3.22. The molecule has 0 radical (unpaired) electrons. The van der Waals surface area contributed by atoms with Crippen LogP contribution in [0.4, 0.5) is 17.6 Å². The van der Waals surface area contributed by atoms with Crippen molar-refractivity contribution < 1.29 is 27.5 Å². The van der Waals surface area contributed by atoms with Crippen molar-refractivity contribution in [2.24, 2.45) is 0 Å². The molecule has 1 heterocycles. The number of aliphatic carboxylic acids is 1. The van der Waals surface area contributed by atoms with E-state index in [0.717, 1.165) is 35.2 Å². The van der Waals surface area contributed by atoms with Gasteiger partial charge in [-0.15, -0.1) is 11.3 Å². The highest BCUT2D eigenvalue weighted by Gasteiger charge is 2.31. The van der Waals surface area contributed by atoms with E-state index >= 15 is 0 Å². The minimum absolute atomic E-state index is 0.000718. The molecule has 0 aliphatic heterocycles. The molecule has 0 atom stereocenters. The minimum Gasteiger partial charge on any atom is -0.481 e. The van der Waals surface area contributed by atoms with E-state index in [9.17, 15) is 22.4 Å². The molecule has 0 bridgehead atoms. The lowest BCUT2D eigenvalue weighted by atomic mass is 10.2. The number of hydrogen-bond donors (Lipinski definition) is 1. The summed E-state index contributed by atoms with van der Waals surface area (Å²) in [4.78, 5) is 14.5. The predicted molar refractivity (Wildman–Crippen MR) is 69.0 cm³/mol. The number of hydrogen-bond acceptors (Lipinski definition) is 4. The molecule has 112 valence electrons. The van der Waals surface area contributed by atoms with Crippen LogP contribution >= 0.6 is 23.1 Å². The van der Waals surface area contributed by atoms with Crippen molar-refractivity contribution in [3.05, 3.63) is 40.7 Å². The molecule has 0 spiro atoms. The van der Waals surface area contributed by atoms with Crippen molar-refractivity contribution in [2.75, 3.05) is 0 Å². The van der Waals surface area contributed by atoms with Crippen molar-refractivity contribution in [2.45, 2.75) is 21.8 Å². The molecular formula is C12H7F4NO2S2. The molecular weight excluding hydrogens is 330 g/mol.